The number of halogens is 2. The molecule has 0 atom stereocenters. The smallest absolute Gasteiger partial charge is 0.358 e. The molecule has 2 aromatic rings. The van der Waals surface area contributed by atoms with E-state index in [9.17, 15) is 9.59 Å². The molecule has 0 aliphatic rings. The van der Waals surface area contributed by atoms with Crippen LogP contribution in [0.5, 0.6) is 0 Å². The maximum atomic E-state index is 11.9. The predicted molar refractivity (Wildman–Crippen MR) is 73.6 cm³/mol. The minimum Gasteiger partial charge on any atom is -0.476 e. The van der Waals surface area contributed by atoms with Crippen LogP contribution in [0.1, 0.15) is 20.8 Å². The van der Waals surface area contributed by atoms with E-state index in [2.05, 4.69) is 20.6 Å². The Morgan fingerprint density at radius 2 is 2.14 bits per heavy atom. The SMILES string of the molecule is O=C(O)c1cn(CCNC(=O)c2cc(Cl)ncc2Cl)nn1. The van der Waals surface area contributed by atoms with Crippen LogP contribution >= 0.6 is 23.2 Å². The van der Waals surface area contributed by atoms with Crippen LogP contribution in [-0.4, -0.2) is 43.5 Å². The Kier molecular flexibility index (Phi) is 4.71. The first kappa shape index (κ1) is 15.2. The lowest BCUT2D eigenvalue weighted by molar-refractivity contribution is 0.0690. The van der Waals surface area contributed by atoms with Crippen molar-refractivity contribution < 1.29 is 14.7 Å². The molecule has 2 rings (SSSR count). The van der Waals surface area contributed by atoms with Gasteiger partial charge in [-0.25, -0.2) is 14.5 Å². The molecule has 0 unspecified atom stereocenters. The average molecular weight is 330 g/mol. The summed E-state index contributed by atoms with van der Waals surface area (Å²) in [4.78, 5) is 26.3. The van der Waals surface area contributed by atoms with Gasteiger partial charge in [0.25, 0.3) is 5.91 Å². The maximum Gasteiger partial charge on any atom is 0.358 e. The van der Waals surface area contributed by atoms with Gasteiger partial charge >= 0.3 is 5.97 Å². The molecule has 0 aliphatic carbocycles. The number of hydrogen-bond donors (Lipinski definition) is 2. The molecule has 110 valence electrons. The van der Waals surface area contributed by atoms with Crippen LogP contribution in [-0.2, 0) is 6.54 Å². The van der Waals surface area contributed by atoms with Gasteiger partial charge in [-0.05, 0) is 6.07 Å². The van der Waals surface area contributed by atoms with Crippen molar-refractivity contribution in [2.24, 2.45) is 0 Å². The van der Waals surface area contributed by atoms with E-state index in [0.29, 0.717) is 0 Å². The number of pyridine rings is 1. The van der Waals surface area contributed by atoms with Gasteiger partial charge < -0.3 is 10.4 Å². The number of carbonyl (C=O) groups excluding carboxylic acids is 1. The van der Waals surface area contributed by atoms with Crippen molar-refractivity contribution in [1.82, 2.24) is 25.3 Å². The quantitative estimate of drug-likeness (QED) is 0.795. The molecule has 2 heterocycles. The highest BCUT2D eigenvalue weighted by Gasteiger charge is 2.12. The normalized spacial score (nSPS) is 10.4. The molecule has 10 heteroatoms. The lowest BCUT2D eigenvalue weighted by Gasteiger charge is -2.06. The van der Waals surface area contributed by atoms with Crippen molar-refractivity contribution in [3.63, 3.8) is 0 Å². The Hall–Kier alpha value is -2.19. The maximum absolute atomic E-state index is 11.9. The minimum atomic E-state index is -1.16. The largest absolute Gasteiger partial charge is 0.476 e. The second-order valence-electron chi connectivity index (χ2n) is 3.91. The Balaban J connectivity index is 1.92. The number of aromatic nitrogens is 4. The first-order valence-corrected chi connectivity index (χ1v) is 6.45. The predicted octanol–water partition coefficient (Wildman–Crippen LogP) is 1.11. The molecule has 0 aromatic carbocycles. The molecular weight excluding hydrogens is 321 g/mol. The average Bonchev–Trinajstić information content (AvgIpc) is 2.90. The molecular formula is C11H9Cl2N5O3. The first-order valence-electron chi connectivity index (χ1n) is 5.70. The fourth-order valence-corrected chi connectivity index (χ4v) is 1.82. The highest BCUT2D eigenvalue weighted by Crippen LogP contribution is 2.17. The molecule has 0 saturated heterocycles. The third-order valence-electron chi connectivity index (χ3n) is 2.45. The molecule has 0 saturated carbocycles. The van der Waals surface area contributed by atoms with E-state index in [0.717, 1.165) is 0 Å². The van der Waals surface area contributed by atoms with Crippen LogP contribution in [0.25, 0.3) is 0 Å². The van der Waals surface area contributed by atoms with Gasteiger partial charge in [-0.1, -0.05) is 28.4 Å². The third-order valence-corrected chi connectivity index (χ3v) is 2.96. The van der Waals surface area contributed by atoms with Crippen molar-refractivity contribution in [3.05, 3.63) is 39.9 Å². The fourth-order valence-electron chi connectivity index (χ4n) is 1.47. The van der Waals surface area contributed by atoms with Gasteiger partial charge in [-0.2, -0.15) is 0 Å². The molecule has 0 radical (unpaired) electrons. The number of hydrogen-bond acceptors (Lipinski definition) is 5. The molecule has 8 nitrogen and oxygen atoms in total. The summed E-state index contributed by atoms with van der Waals surface area (Å²) in [7, 11) is 0. The van der Waals surface area contributed by atoms with Gasteiger partial charge in [-0.15, -0.1) is 5.10 Å². The van der Waals surface area contributed by atoms with Crippen molar-refractivity contribution in [3.8, 4) is 0 Å². The van der Waals surface area contributed by atoms with Gasteiger partial charge in [0.05, 0.1) is 23.3 Å². The van der Waals surface area contributed by atoms with E-state index in [4.69, 9.17) is 28.3 Å². The summed E-state index contributed by atoms with van der Waals surface area (Å²) in [6.07, 6.45) is 2.56. The van der Waals surface area contributed by atoms with Gasteiger partial charge in [0, 0.05) is 12.7 Å². The fraction of sp³-hybridized carbons (Fsp3) is 0.182. The Morgan fingerprint density at radius 3 is 2.81 bits per heavy atom. The van der Waals surface area contributed by atoms with Crippen LogP contribution in [0.2, 0.25) is 10.2 Å². The zero-order chi connectivity index (χ0) is 15.4. The topological polar surface area (TPSA) is 110 Å². The molecule has 2 N–H and O–H groups in total. The number of aromatic carboxylic acids is 1. The minimum absolute atomic E-state index is 0.159. The van der Waals surface area contributed by atoms with Crippen LogP contribution in [0.3, 0.4) is 0 Å². The van der Waals surface area contributed by atoms with E-state index in [1.165, 1.54) is 23.1 Å². The molecule has 1 amide bonds. The number of carbonyl (C=O) groups is 2. The Morgan fingerprint density at radius 1 is 1.38 bits per heavy atom. The van der Waals surface area contributed by atoms with E-state index < -0.39 is 11.9 Å². The van der Waals surface area contributed by atoms with Crippen molar-refractivity contribution >= 4 is 35.1 Å². The zero-order valence-electron chi connectivity index (χ0n) is 10.5. The third kappa shape index (κ3) is 3.89. The van der Waals surface area contributed by atoms with Crippen molar-refractivity contribution in [1.29, 1.82) is 0 Å². The summed E-state index contributed by atoms with van der Waals surface area (Å²) in [5, 5.41) is 18.7. The van der Waals surface area contributed by atoms with Crippen LogP contribution in [0.4, 0.5) is 0 Å². The standard InChI is InChI=1S/C11H9Cl2N5O3/c12-7-4-15-9(13)3-6(7)10(19)14-1-2-18-5-8(11(20)21)16-17-18/h3-5H,1-2H2,(H,14,19)(H,20,21). The number of nitrogens with one attached hydrogen (secondary N) is 1. The summed E-state index contributed by atoms with van der Waals surface area (Å²) >= 11 is 11.5. The summed E-state index contributed by atoms with van der Waals surface area (Å²) in [5.74, 6) is -1.58. The lowest BCUT2D eigenvalue weighted by atomic mass is 10.2. The highest BCUT2D eigenvalue weighted by atomic mass is 35.5. The van der Waals surface area contributed by atoms with E-state index in [1.54, 1.807) is 0 Å². The van der Waals surface area contributed by atoms with Gasteiger partial charge in [0.1, 0.15) is 5.15 Å². The van der Waals surface area contributed by atoms with Gasteiger partial charge in [0.15, 0.2) is 5.69 Å². The highest BCUT2D eigenvalue weighted by molar-refractivity contribution is 6.35. The summed E-state index contributed by atoms with van der Waals surface area (Å²) in [5.41, 5.74) is 0.0479. The van der Waals surface area contributed by atoms with Crippen LogP contribution < -0.4 is 5.32 Å². The van der Waals surface area contributed by atoms with E-state index in [1.807, 2.05) is 0 Å². The number of carboxylic acid groups (broad SMARTS) is 1. The number of nitrogens with zero attached hydrogens (tertiary/aromatic N) is 4. The molecule has 0 bridgehead atoms. The van der Waals surface area contributed by atoms with E-state index >= 15 is 0 Å². The molecule has 0 spiro atoms. The Labute approximate surface area is 128 Å². The summed E-state index contributed by atoms with van der Waals surface area (Å²) < 4.78 is 1.31. The second kappa shape index (κ2) is 6.51. The van der Waals surface area contributed by atoms with Gasteiger partial charge in [-0.3, -0.25) is 4.79 Å². The lowest BCUT2D eigenvalue weighted by Crippen LogP contribution is -2.27. The van der Waals surface area contributed by atoms with Gasteiger partial charge in [0.2, 0.25) is 0 Å². The number of rotatable bonds is 5. The number of amides is 1. The molecule has 21 heavy (non-hydrogen) atoms. The van der Waals surface area contributed by atoms with Crippen molar-refractivity contribution in [2.45, 2.75) is 6.54 Å². The Bertz CT molecular complexity index is 688. The van der Waals surface area contributed by atoms with Crippen LogP contribution in [0, 0.1) is 0 Å². The molecule has 0 fully saturated rings. The van der Waals surface area contributed by atoms with Crippen LogP contribution in [0.15, 0.2) is 18.5 Å². The zero-order valence-corrected chi connectivity index (χ0v) is 12.0. The monoisotopic (exact) mass is 329 g/mol. The first-order chi connectivity index (χ1) is 9.97. The number of carboxylic acids is 1. The second-order valence-corrected chi connectivity index (χ2v) is 4.71. The molecule has 2 aromatic heterocycles. The van der Waals surface area contributed by atoms with Crippen molar-refractivity contribution in [2.75, 3.05) is 6.54 Å². The van der Waals surface area contributed by atoms with E-state index in [-0.39, 0.29) is 34.5 Å². The summed E-state index contributed by atoms with van der Waals surface area (Å²) in [6.45, 7) is 0.486. The molecule has 0 aliphatic heterocycles. The summed E-state index contributed by atoms with van der Waals surface area (Å²) in [6, 6.07) is 1.36.